The SMILES string of the molecule is CCCC[C@]1(O)C=C[C@H]2[C@H]3Cc4cccc5c4[C@@]2(CCN3C)[C@H]1O5. The monoisotopic (exact) mass is 325 g/mol. The summed E-state index contributed by atoms with van der Waals surface area (Å²) in [4.78, 5) is 2.52. The molecule has 24 heavy (non-hydrogen) atoms. The van der Waals surface area contributed by atoms with Crippen molar-refractivity contribution < 1.29 is 9.84 Å². The molecule has 128 valence electrons. The Morgan fingerprint density at radius 2 is 2.25 bits per heavy atom. The lowest BCUT2D eigenvalue weighted by molar-refractivity contribution is -0.101. The first kappa shape index (κ1) is 15.0. The normalized spacial score (nSPS) is 41.9. The van der Waals surface area contributed by atoms with Gasteiger partial charge in [-0.1, -0.05) is 44.1 Å². The fourth-order valence-corrected chi connectivity index (χ4v) is 6.03. The largest absolute Gasteiger partial charge is 0.486 e. The third-order valence-corrected chi connectivity index (χ3v) is 7.15. The molecule has 3 heteroatoms. The van der Waals surface area contributed by atoms with Gasteiger partial charge in [0, 0.05) is 22.9 Å². The van der Waals surface area contributed by atoms with Gasteiger partial charge in [-0.3, -0.25) is 0 Å². The van der Waals surface area contributed by atoms with Gasteiger partial charge in [0.25, 0.3) is 0 Å². The minimum atomic E-state index is -0.833. The number of hydrogen-bond donors (Lipinski definition) is 1. The van der Waals surface area contributed by atoms with Crippen LogP contribution in [0.3, 0.4) is 0 Å². The highest BCUT2D eigenvalue weighted by Crippen LogP contribution is 2.62. The minimum absolute atomic E-state index is 0.0292. The van der Waals surface area contributed by atoms with E-state index in [9.17, 15) is 5.11 Å². The van der Waals surface area contributed by atoms with Crippen molar-refractivity contribution in [3.63, 3.8) is 0 Å². The molecule has 2 heterocycles. The second-order valence-electron chi connectivity index (χ2n) is 8.31. The molecule has 1 aromatic rings. The Morgan fingerprint density at radius 1 is 1.38 bits per heavy atom. The molecule has 1 fully saturated rings. The van der Waals surface area contributed by atoms with E-state index in [0.29, 0.717) is 12.0 Å². The van der Waals surface area contributed by atoms with Gasteiger partial charge in [0.1, 0.15) is 17.5 Å². The Morgan fingerprint density at radius 3 is 3.08 bits per heavy atom. The van der Waals surface area contributed by atoms with Crippen LogP contribution in [0.15, 0.2) is 30.4 Å². The highest BCUT2D eigenvalue weighted by Gasteiger charge is 2.66. The van der Waals surface area contributed by atoms with Crippen LogP contribution in [0.5, 0.6) is 5.75 Å². The smallest absolute Gasteiger partial charge is 0.141 e. The Kier molecular flexibility index (Phi) is 3.03. The molecular weight excluding hydrogens is 298 g/mol. The Balaban J connectivity index is 1.72. The Bertz CT molecular complexity index is 714. The van der Waals surface area contributed by atoms with E-state index in [1.54, 1.807) is 0 Å². The molecule has 0 aromatic heterocycles. The van der Waals surface area contributed by atoms with Gasteiger partial charge in [-0.25, -0.2) is 0 Å². The van der Waals surface area contributed by atoms with E-state index >= 15 is 0 Å². The topological polar surface area (TPSA) is 32.7 Å². The van der Waals surface area contributed by atoms with Crippen molar-refractivity contribution in [1.29, 1.82) is 0 Å². The number of nitrogens with zero attached hydrogens (tertiary/aromatic N) is 1. The molecule has 3 nitrogen and oxygen atoms in total. The first-order chi connectivity index (χ1) is 11.6. The summed E-state index contributed by atoms with van der Waals surface area (Å²) in [5.41, 5.74) is 2.00. The van der Waals surface area contributed by atoms with Crippen LogP contribution >= 0.6 is 0 Å². The predicted octanol–water partition coefficient (Wildman–Crippen LogP) is 3.05. The van der Waals surface area contributed by atoms with Crippen LogP contribution in [-0.4, -0.2) is 41.3 Å². The van der Waals surface area contributed by atoms with Crippen LogP contribution in [-0.2, 0) is 11.8 Å². The van der Waals surface area contributed by atoms with Gasteiger partial charge in [-0.15, -0.1) is 0 Å². The summed E-state index contributed by atoms with van der Waals surface area (Å²) in [6.07, 6.45) is 9.40. The highest BCUT2D eigenvalue weighted by molar-refractivity contribution is 5.57. The van der Waals surface area contributed by atoms with Crippen molar-refractivity contribution in [2.24, 2.45) is 5.92 Å². The lowest BCUT2D eigenvalue weighted by atomic mass is 9.51. The molecule has 0 saturated carbocycles. The Labute approximate surface area is 144 Å². The molecule has 5 rings (SSSR count). The zero-order chi connectivity index (χ0) is 16.5. The highest BCUT2D eigenvalue weighted by atomic mass is 16.5. The summed E-state index contributed by atoms with van der Waals surface area (Å²) in [6, 6.07) is 7.04. The molecule has 0 radical (unpaired) electrons. The summed E-state index contributed by atoms with van der Waals surface area (Å²) in [5, 5.41) is 11.5. The molecule has 0 amide bonds. The van der Waals surface area contributed by atoms with Crippen LogP contribution < -0.4 is 4.74 Å². The molecule has 2 aliphatic carbocycles. The van der Waals surface area contributed by atoms with Crippen LogP contribution in [0.2, 0.25) is 0 Å². The van der Waals surface area contributed by atoms with E-state index in [1.165, 1.54) is 11.1 Å². The number of aliphatic hydroxyl groups is 1. The molecule has 2 aliphatic heterocycles. The quantitative estimate of drug-likeness (QED) is 0.867. The van der Waals surface area contributed by atoms with Crippen molar-refractivity contribution in [2.45, 2.75) is 62.2 Å². The van der Waals surface area contributed by atoms with E-state index in [1.807, 2.05) is 0 Å². The third kappa shape index (κ3) is 1.65. The van der Waals surface area contributed by atoms with E-state index in [2.05, 4.69) is 49.2 Å². The molecule has 0 unspecified atom stereocenters. The van der Waals surface area contributed by atoms with Gasteiger partial charge in [-0.2, -0.15) is 0 Å². The van der Waals surface area contributed by atoms with Crippen LogP contribution in [0.1, 0.15) is 43.7 Å². The van der Waals surface area contributed by atoms with Gasteiger partial charge in [0.05, 0.1) is 0 Å². The zero-order valence-electron chi connectivity index (χ0n) is 14.7. The lowest BCUT2D eigenvalue weighted by Gasteiger charge is -2.58. The van der Waals surface area contributed by atoms with E-state index in [0.717, 1.165) is 44.4 Å². The predicted molar refractivity (Wildman–Crippen MR) is 94.4 cm³/mol. The number of hydrogen-bond acceptors (Lipinski definition) is 3. The van der Waals surface area contributed by atoms with Gasteiger partial charge in [0.2, 0.25) is 0 Å². The summed E-state index contributed by atoms with van der Waals surface area (Å²) >= 11 is 0. The summed E-state index contributed by atoms with van der Waals surface area (Å²) in [7, 11) is 2.25. The Hall–Kier alpha value is -1.32. The second-order valence-corrected chi connectivity index (χ2v) is 8.31. The first-order valence-electron chi connectivity index (χ1n) is 9.51. The van der Waals surface area contributed by atoms with Crippen molar-refractivity contribution in [2.75, 3.05) is 13.6 Å². The molecule has 1 saturated heterocycles. The molecule has 1 aromatic carbocycles. The maximum atomic E-state index is 11.5. The molecule has 1 spiro atoms. The third-order valence-electron chi connectivity index (χ3n) is 7.15. The minimum Gasteiger partial charge on any atom is -0.486 e. The van der Waals surface area contributed by atoms with Gasteiger partial charge < -0.3 is 14.7 Å². The maximum absolute atomic E-state index is 11.5. The number of unbranched alkanes of at least 4 members (excludes halogenated alkanes) is 1. The average molecular weight is 325 g/mol. The lowest BCUT2D eigenvalue weighted by Crippen LogP contribution is -2.67. The standard InChI is InChI=1S/C21H27NO2/c1-3-4-9-20(23)10-8-15-16-13-14-6-5-7-17-18(14)21(15,19(20)24-17)11-12-22(16)2/h5-8,10,15-16,19,23H,3-4,9,11-13H2,1-2H3/t15-,16+,19-,20-,21-/m0/s1. The number of piperidine rings is 1. The number of ether oxygens (including phenoxy) is 1. The summed E-state index contributed by atoms with van der Waals surface area (Å²) in [5.74, 6) is 1.49. The summed E-state index contributed by atoms with van der Waals surface area (Å²) in [6.45, 7) is 3.28. The van der Waals surface area contributed by atoms with Gasteiger partial charge in [-0.05, 0) is 44.5 Å². The first-order valence-corrected chi connectivity index (χ1v) is 9.51. The molecular formula is C21H27NO2. The fourth-order valence-electron chi connectivity index (χ4n) is 6.03. The van der Waals surface area contributed by atoms with Crippen LogP contribution in [0.25, 0.3) is 0 Å². The number of likely N-dealkylation sites (tertiary alicyclic amines) is 1. The molecule has 5 atom stereocenters. The van der Waals surface area contributed by atoms with Crippen molar-refractivity contribution in [3.8, 4) is 5.75 Å². The number of rotatable bonds is 3. The average Bonchev–Trinajstić information content (AvgIpc) is 2.93. The zero-order valence-corrected chi connectivity index (χ0v) is 14.7. The van der Waals surface area contributed by atoms with Crippen LogP contribution in [0.4, 0.5) is 0 Å². The van der Waals surface area contributed by atoms with E-state index in [-0.39, 0.29) is 11.5 Å². The van der Waals surface area contributed by atoms with Crippen LogP contribution in [0, 0.1) is 5.92 Å². The van der Waals surface area contributed by atoms with Gasteiger partial charge in [0.15, 0.2) is 0 Å². The molecule has 1 N–H and O–H groups in total. The molecule has 2 bridgehead atoms. The number of likely N-dealkylation sites (N-methyl/N-ethyl adjacent to an activating group) is 1. The molecule has 4 aliphatic rings. The van der Waals surface area contributed by atoms with Crippen molar-refractivity contribution in [1.82, 2.24) is 4.90 Å². The fraction of sp³-hybridized carbons (Fsp3) is 0.619. The van der Waals surface area contributed by atoms with E-state index in [4.69, 9.17) is 4.74 Å². The number of benzene rings is 1. The van der Waals surface area contributed by atoms with Gasteiger partial charge >= 0.3 is 0 Å². The van der Waals surface area contributed by atoms with Crippen molar-refractivity contribution in [3.05, 3.63) is 41.5 Å². The summed E-state index contributed by atoms with van der Waals surface area (Å²) < 4.78 is 6.51. The van der Waals surface area contributed by atoms with E-state index < -0.39 is 5.60 Å². The second kappa shape index (κ2) is 4.86. The van der Waals surface area contributed by atoms with Crippen molar-refractivity contribution >= 4 is 0 Å². The maximum Gasteiger partial charge on any atom is 0.141 e.